The quantitative estimate of drug-likeness (QED) is 0.248. The molecule has 7 nitrogen and oxygen atoms in total. The lowest BCUT2D eigenvalue weighted by molar-refractivity contribution is -0.145. The molecule has 1 aliphatic rings. The second-order valence-electron chi connectivity index (χ2n) is 12.6. The van der Waals surface area contributed by atoms with E-state index in [1.165, 1.54) is 10.9 Å². The fourth-order valence-corrected chi connectivity index (χ4v) is 6.22. The summed E-state index contributed by atoms with van der Waals surface area (Å²) in [5.41, 5.74) is 5.08. The molecule has 0 radical (unpaired) electrons. The van der Waals surface area contributed by atoms with Crippen LogP contribution in [0, 0.1) is 18.3 Å². The molecule has 2 unspecified atom stereocenters. The predicted octanol–water partition coefficient (Wildman–Crippen LogP) is 6.51. The molecular formula is C34H41N5O2. The van der Waals surface area contributed by atoms with E-state index in [2.05, 4.69) is 54.3 Å². The minimum Gasteiger partial charge on any atom is -0.378 e. The van der Waals surface area contributed by atoms with Crippen molar-refractivity contribution >= 4 is 34.1 Å². The molecule has 1 saturated carbocycles. The van der Waals surface area contributed by atoms with Crippen molar-refractivity contribution in [2.75, 3.05) is 24.3 Å². The fourth-order valence-electron chi connectivity index (χ4n) is 6.22. The van der Waals surface area contributed by atoms with Gasteiger partial charge < -0.3 is 20.1 Å². The lowest BCUT2D eigenvalue weighted by atomic mass is 9.98. The second-order valence-corrected chi connectivity index (χ2v) is 12.6. The molecule has 0 saturated heterocycles. The zero-order valence-corrected chi connectivity index (χ0v) is 25.2. The van der Waals surface area contributed by atoms with Crippen LogP contribution in [0.3, 0.4) is 0 Å². The molecule has 2 atom stereocenters. The summed E-state index contributed by atoms with van der Waals surface area (Å²) in [4.78, 5) is 39.4. The number of rotatable bonds is 9. The SMILES string of the molecule is Cc1[nH]c2ccccc2c1C1C(CC(=O)N(Cc2cccnc2)C(C)(C)C(=O)Nc2ccc(N(C)C)cc2)C1(C)C. The number of aryl methyl sites for hydroxylation is 1. The zero-order valence-electron chi connectivity index (χ0n) is 25.2. The molecule has 2 N–H and O–H groups in total. The molecule has 41 heavy (non-hydrogen) atoms. The number of aromatic nitrogens is 2. The Morgan fingerprint density at radius 1 is 1.02 bits per heavy atom. The molecule has 2 amide bonds. The lowest BCUT2D eigenvalue weighted by Gasteiger charge is -2.37. The second kappa shape index (κ2) is 10.7. The van der Waals surface area contributed by atoms with E-state index < -0.39 is 5.54 Å². The summed E-state index contributed by atoms with van der Waals surface area (Å²) < 4.78 is 0. The van der Waals surface area contributed by atoms with E-state index in [0.717, 1.165) is 22.5 Å². The molecule has 0 bridgehead atoms. The highest BCUT2D eigenvalue weighted by Gasteiger charge is 2.60. The number of hydrogen-bond donors (Lipinski definition) is 2. The number of carbonyl (C=O) groups is 2. The van der Waals surface area contributed by atoms with E-state index in [4.69, 9.17) is 0 Å². The van der Waals surface area contributed by atoms with E-state index in [1.54, 1.807) is 17.3 Å². The third-order valence-corrected chi connectivity index (χ3v) is 8.94. The number of aromatic amines is 1. The maximum Gasteiger partial charge on any atom is 0.249 e. The molecule has 4 aromatic rings. The summed E-state index contributed by atoms with van der Waals surface area (Å²) in [6.07, 6.45) is 3.84. The number of H-pyrrole nitrogens is 1. The highest BCUT2D eigenvalue weighted by Crippen LogP contribution is 2.67. The van der Waals surface area contributed by atoms with Crippen LogP contribution in [-0.4, -0.2) is 46.3 Å². The van der Waals surface area contributed by atoms with E-state index in [1.807, 2.05) is 75.3 Å². The summed E-state index contributed by atoms with van der Waals surface area (Å²) in [5, 5.41) is 4.27. The van der Waals surface area contributed by atoms with E-state index >= 15 is 0 Å². The number of anilines is 2. The number of benzene rings is 2. The smallest absolute Gasteiger partial charge is 0.249 e. The maximum absolute atomic E-state index is 14.2. The highest BCUT2D eigenvalue weighted by atomic mass is 16.2. The van der Waals surface area contributed by atoms with Crippen LogP contribution in [0.1, 0.15) is 56.9 Å². The van der Waals surface area contributed by atoms with E-state index in [0.29, 0.717) is 18.7 Å². The van der Waals surface area contributed by atoms with Gasteiger partial charge in [0.2, 0.25) is 11.8 Å². The number of para-hydroxylation sites is 1. The van der Waals surface area contributed by atoms with Crippen LogP contribution in [0.5, 0.6) is 0 Å². The summed E-state index contributed by atoms with van der Waals surface area (Å²) in [7, 11) is 3.95. The van der Waals surface area contributed by atoms with Gasteiger partial charge in [0.25, 0.3) is 0 Å². The largest absolute Gasteiger partial charge is 0.378 e. The molecule has 2 aromatic heterocycles. The van der Waals surface area contributed by atoms with Gasteiger partial charge in [-0.2, -0.15) is 0 Å². The molecule has 214 valence electrons. The Balaban J connectivity index is 1.40. The van der Waals surface area contributed by atoms with Crippen LogP contribution in [-0.2, 0) is 16.1 Å². The Morgan fingerprint density at radius 3 is 2.39 bits per heavy atom. The van der Waals surface area contributed by atoms with Crippen LogP contribution in [0.25, 0.3) is 10.9 Å². The minimum absolute atomic E-state index is 0.0324. The standard InChI is InChI=1S/C34H41N5O2/c1-22-30(26-12-8-9-13-28(26)36-22)31-27(33(31,2)3)19-29(40)39(21-23-11-10-18-35-20-23)34(4,5)32(41)37-24-14-16-25(17-15-24)38(6)7/h8-18,20,27,31,36H,19,21H2,1-7H3,(H,37,41). The van der Waals surface area contributed by atoms with Crippen molar-refractivity contribution in [3.63, 3.8) is 0 Å². The average Bonchev–Trinajstić information content (AvgIpc) is 3.28. The lowest BCUT2D eigenvalue weighted by Crippen LogP contribution is -2.54. The number of nitrogens with zero attached hydrogens (tertiary/aromatic N) is 3. The maximum atomic E-state index is 14.2. The van der Waals surface area contributed by atoms with Gasteiger partial charge in [0, 0.05) is 67.4 Å². The summed E-state index contributed by atoms with van der Waals surface area (Å²) in [6.45, 7) is 10.6. The highest BCUT2D eigenvalue weighted by molar-refractivity contribution is 6.00. The van der Waals surface area contributed by atoms with Crippen LogP contribution in [0.2, 0.25) is 0 Å². The first-order valence-corrected chi connectivity index (χ1v) is 14.3. The monoisotopic (exact) mass is 551 g/mol. The van der Waals surface area contributed by atoms with E-state index in [-0.39, 0.29) is 29.1 Å². The first kappa shape index (κ1) is 28.4. The zero-order chi connectivity index (χ0) is 29.5. The number of amides is 2. The Bertz CT molecular complexity index is 1550. The number of fused-ring (bicyclic) bond motifs is 1. The average molecular weight is 552 g/mol. The number of pyridine rings is 1. The Morgan fingerprint density at radius 2 is 1.73 bits per heavy atom. The van der Waals surface area contributed by atoms with Gasteiger partial charge >= 0.3 is 0 Å². The fraction of sp³-hybridized carbons (Fsp3) is 0.382. The number of hydrogen-bond acceptors (Lipinski definition) is 4. The van der Waals surface area contributed by atoms with E-state index in [9.17, 15) is 9.59 Å². The summed E-state index contributed by atoms with van der Waals surface area (Å²) in [6, 6.07) is 19.9. The molecule has 2 aromatic carbocycles. The first-order valence-electron chi connectivity index (χ1n) is 14.3. The van der Waals surface area contributed by atoms with Crippen molar-refractivity contribution in [3.8, 4) is 0 Å². The summed E-state index contributed by atoms with van der Waals surface area (Å²) in [5.74, 6) is 0.165. The molecule has 7 heteroatoms. The third-order valence-electron chi connectivity index (χ3n) is 8.94. The first-order chi connectivity index (χ1) is 19.4. The molecule has 1 aliphatic carbocycles. The normalized spacial score (nSPS) is 17.7. The summed E-state index contributed by atoms with van der Waals surface area (Å²) >= 11 is 0. The van der Waals surface area contributed by atoms with Gasteiger partial charge in [-0.15, -0.1) is 0 Å². The Kier molecular flexibility index (Phi) is 7.41. The van der Waals surface area contributed by atoms with Gasteiger partial charge in [0.05, 0.1) is 0 Å². The van der Waals surface area contributed by atoms with Gasteiger partial charge in [0.1, 0.15) is 5.54 Å². The van der Waals surface area contributed by atoms with Crippen LogP contribution in [0.15, 0.2) is 73.1 Å². The van der Waals surface area contributed by atoms with Crippen molar-refractivity contribution in [2.24, 2.45) is 11.3 Å². The van der Waals surface area contributed by atoms with Gasteiger partial charge in [-0.25, -0.2) is 0 Å². The van der Waals surface area contributed by atoms with Crippen molar-refractivity contribution in [1.29, 1.82) is 0 Å². The third kappa shape index (κ3) is 5.45. The van der Waals surface area contributed by atoms with Gasteiger partial charge in [-0.1, -0.05) is 38.1 Å². The topological polar surface area (TPSA) is 81.3 Å². The molecule has 0 aliphatic heterocycles. The number of carbonyl (C=O) groups excluding carboxylic acids is 2. The van der Waals surface area contributed by atoms with Gasteiger partial charge in [-0.05, 0) is 85.5 Å². The van der Waals surface area contributed by atoms with Crippen LogP contribution >= 0.6 is 0 Å². The molecular weight excluding hydrogens is 510 g/mol. The molecule has 2 heterocycles. The van der Waals surface area contributed by atoms with Crippen molar-refractivity contribution in [2.45, 2.75) is 59.0 Å². The van der Waals surface area contributed by atoms with Crippen LogP contribution < -0.4 is 10.2 Å². The minimum atomic E-state index is -1.10. The molecule has 1 fully saturated rings. The van der Waals surface area contributed by atoms with Gasteiger partial charge in [-0.3, -0.25) is 14.6 Å². The molecule has 5 rings (SSSR count). The van der Waals surface area contributed by atoms with Crippen molar-refractivity contribution < 1.29 is 9.59 Å². The Labute approximate surface area is 243 Å². The van der Waals surface area contributed by atoms with Crippen LogP contribution in [0.4, 0.5) is 11.4 Å². The van der Waals surface area contributed by atoms with Gasteiger partial charge in [0.15, 0.2) is 0 Å². The molecule has 0 spiro atoms. The number of nitrogens with one attached hydrogen (secondary N) is 2. The predicted molar refractivity (Wildman–Crippen MR) is 166 cm³/mol. The Hall–Kier alpha value is -4.13. The van der Waals surface area contributed by atoms with Crippen molar-refractivity contribution in [3.05, 3.63) is 89.9 Å². The van der Waals surface area contributed by atoms with Crippen molar-refractivity contribution in [1.82, 2.24) is 14.9 Å².